The van der Waals surface area contributed by atoms with Crippen molar-refractivity contribution in [2.45, 2.75) is 51.5 Å². The summed E-state index contributed by atoms with van der Waals surface area (Å²) >= 11 is 0. The van der Waals surface area contributed by atoms with Crippen molar-refractivity contribution in [1.82, 2.24) is 4.90 Å². The van der Waals surface area contributed by atoms with E-state index in [9.17, 15) is 4.79 Å². The first-order valence-electron chi connectivity index (χ1n) is 6.45. The molecule has 2 saturated carbocycles. The molecule has 1 amide bonds. The molecule has 96 valence electrons. The van der Waals surface area contributed by atoms with E-state index in [0.29, 0.717) is 25.4 Å². The van der Waals surface area contributed by atoms with Crippen LogP contribution in [0.25, 0.3) is 0 Å². The van der Waals surface area contributed by atoms with Crippen LogP contribution in [0.3, 0.4) is 0 Å². The van der Waals surface area contributed by atoms with Gasteiger partial charge in [0, 0.05) is 12.6 Å². The van der Waals surface area contributed by atoms with Crippen LogP contribution >= 0.6 is 0 Å². The van der Waals surface area contributed by atoms with E-state index in [1.165, 1.54) is 0 Å². The van der Waals surface area contributed by atoms with Gasteiger partial charge in [0.05, 0.1) is 0 Å². The smallest absolute Gasteiger partial charge is 0.236 e. The zero-order valence-corrected chi connectivity index (χ0v) is 10.4. The summed E-state index contributed by atoms with van der Waals surface area (Å²) in [5, 5.41) is 12.0. The fraction of sp³-hybridized carbons (Fsp3) is 0.833. The summed E-state index contributed by atoms with van der Waals surface area (Å²) in [5.74, 6) is 0.161. The van der Waals surface area contributed by atoms with E-state index < -0.39 is 5.41 Å². The first-order chi connectivity index (χ1) is 8.15. The predicted molar refractivity (Wildman–Crippen MR) is 64.7 cm³/mol. The Morgan fingerprint density at radius 2 is 2.06 bits per heavy atom. The van der Waals surface area contributed by atoms with E-state index in [4.69, 9.17) is 10.9 Å². The van der Waals surface area contributed by atoms with Crippen LogP contribution in [0.5, 0.6) is 0 Å². The van der Waals surface area contributed by atoms with Gasteiger partial charge in [0.1, 0.15) is 5.41 Å². The summed E-state index contributed by atoms with van der Waals surface area (Å²) in [6.45, 7) is 2.70. The number of oxime groups is 1. The van der Waals surface area contributed by atoms with Gasteiger partial charge >= 0.3 is 0 Å². The number of amides is 1. The van der Waals surface area contributed by atoms with Crippen molar-refractivity contribution >= 4 is 11.7 Å². The van der Waals surface area contributed by atoms with Crippen LogP contribution in [0.4, 0.5) is 0 Å². The third-order valence-electron chi connectivity index (χ3n) is 4.05. The molecular weight excluding hydrogens is 218 g/mol. The minimum absolute atomic E-state index is 0.0651. The number of nitrogens with two attached hydrogens (primary N) is 1. The summed E-state index contributed by atoms with van der Waals surface area (Å²) in [4.78, 5) is 14.5. The maximum Gasteiger partial charge on any atom is 0.236 e. The first kappa shape index (κ1) is 12.2. The normalized spacial score (nSPS) is 23.7. The van der Waals surface area contributed by atoms with Crippen LogP contribution in [0, 0.1) is 5.41 Å². The zero-order chi connectivity index (χ0) is 12.5. The standard InChI is InChI=1S/C12H21N3O2/c1-2-15(9-5-6-9)11(16)12(10(13)14-17)7-3-4-8-12/h9,17H,2-8H2,1H3,(H2,13,14). The molecule has 0 aromatic carbocycles. The van der Waals surface area contributed by atoms with Gasteiger partial charge in [-0.2, -0.15) is 0 Å². The van der Waals surface area contributed by atoms with Crippen LogP contribution < -0.4 is 5.73 Å². The van der Waals surface area contributed by atoms with Crippen LogP contribution in [-0.2, 0) is 4.79 Å². The molecule has 5 heteroatoms. The van der Waals surface area contributed by atoms with E-state index in [2.05, 4.69) is 5.16 Å². The summed E-state index contributed by atoms with van der Waals surface area (Å²) < 4.78 is 0. The second kappa shape index (κ2) is 4.55. The van der Waals surface area contributed by atoms with Crippen molar-refractivity contribution in [3.63, 3.8) is 0 Å². The number of hydrogen-bond donors (Lipinski definition) is 2. The lowest BCUT2D eigenvalue weighted by atomic mass is 9.83. The maximum atomic E-state index is 12.6. The average molecular weight is 239 g/mol. The number of hydrogen-bond acceptors (Lipinski definition) is 3. The second-order valence-corrected chi connectivity index (χ2v) is 5.10. The molecule has 2 aliphatic rings. The fourth-order valence-electron chi connectivity index (χ4n) is 2.88. The van der Waals surface area contributed by atoms with Crippen molar-refractivity contribution < 1.29 is 10.0 Å². The van der Waals surface area contributed by atoms with Crippen LogP contribution in [0.15, 0.2) is 5.16 Å². The van der Waals surface area contributed by atoms with E-state index in [-0.39, 0.29) is 11.7 Å². The van der Waals surface area contributed by atoms with Crippen LogP contribution in [0.1, 0.15) is 45.4 Å². The molecular formula is C12H21N3O2. The molecule has 0 bridgehead atoms. The van der Waals surface area contributed by atoms with Gasteiger partial charge in [-0.3, -0.25) is 4.79 Å². The van der Waals surface area contributed by atoms with E-state index in [0.717, 1.165) is 25.7 Å². The van der Waals surface area contributed by atoms with Crippen molar-refractivity contribution in [1.29, 1.82) is 0 Å². The maximum absolute atomic E-state index is 12.6. The van der Waals surface area contributed by atoms with Gasteiger partial charge in [0.2, 0.25) is 5.91 Å². The molecule has 0 aromatic heterocycles. The van der Waals surface area contributed by atoms with Gasteiger partial charge in [-0.25, -0.2) is 0 Å². The molecule has 2 fully saturated rings. The third-order valence-corrected chi connectivity index (χ3v) is 4.05. The Morgan fingerprint density at radius 3 is 2.47 bits per heavy atom. The Hall–Kier alpha value is -1.26. The van der Waals surface area contributed by atoms with Crippen molar-refractivity contribution in [2.24, 2.45) is 16.3 Å². The van der Waals surface area contributed by atoms with Crippen LogP contribution in [-0.4, -0.2) is 34.4 Å². The van der Waals surface area contributed by atoms with Gasteiger partial charge in [-0.1, -0.05) is 18.0 Å². The number of carbonyl (C=O) groups is 1. The fourth-order valence-corrected chi connectivity index (χ4v) is 2.88. The van der Waals surface area contributed by atoms with Crippen molar-refractivity contribution in [2.75, 3.05) is 6.54 Å². The quantitative estimate of drug-likeness (QED) is 0.336. The molecule has 0 unspecified atom stereocenters. The molecule has 0 aromatic rings. The minimum atomic E-state index is -0.729. The minimum Gasteiger partial charge on any atom is -0.409 e. The molecule has 2 aliphatic carbocycles. The van der Waals surface area contributed by atoms with Gasteiger partial charge in [-0.05, 0) is 32.6 Å². The van der Waals surface area contributed by atoms with Crippen molar-refractivity contribution in [3.8, 4) is 0 Å². The Balaban J connectivity index is 2.23. The summed E-state index contributed by atoms with van der Waals surface area (Å²) in [6, 6.07) is 0.386. The van der Waals surface area contributed by atoms with Gasteiger partial charge < -0.3 is 15.8 Å². The summed E-state index contributed by atoms with van der Waals surface area (Å²) in [5.41, 5.74) is 5.05. The van der Waals surface area contributed by atoms with E-state index >= 15 is 0 Å². The Kier molecular flexibility index (Phi) is 3.26. The van der Waals surface area contributed by atoms with E-state index in [1.807, 2.05) is 11.8 Å². The highest BCUT2D eigenvalue weighted by Crippen LogP contribution is 2.42. The highest BCUT2D eigenvalue weighted by Gasteiger charge is 2.49. The Labute approximate surface area is 102 Å². The highest BCUT2D eigenvalue weighted by molar-refractivity contribution is 6.07. The SMILES string of the molecule is CCN(C(=O)C1(C(N)=NO)CCCC1)C1CC1. The van der Waals surface area contributed by atoms with Crippen molar-refractivity contribution in [3.05, 3.63) is 0 Å². The van der Waals surface area contributed by atoms with E-state index in [1.54, 1.807) is 0 Å². The average Bonchev–Trinajstić information content (AvgIpc) is 3.05. The monoisotopic (exact) mass is 239 g/mol. The van der Waals surface area contributed by atoms with Gasteiger partial charge in [0.15, 0.2) is 5.84 Å². The highest BCUT2D eigenvalue weighted by atomic mass is 16.4. The lowest BCUT2D eigenvalue weighted by Crippen LogP contribution is -2.50. The number of amidine groups is 1. The molecule has 5 nitrogen and oxygen atoms in total. The lowest BCUT2D eigenvalue weighted by Gasteiger charge is -2.33. The van der Waals surface area contributed by atoms with Gasteiger partial charge in [0.25, 0.3) is 0 Å². The van der Waals surface area contributed by atoms with Crippen LogP contribution in [0.2, 0.25) is 0 Å². The molecule has 0 radical (unpaired) electrons. The topological polar surface area (TPSA) is 78.9 Å². The number of rotatable bonds is 4. The first-order valence-corrected chi connectivity index (χ1v) is 6.45. The molecule has 3 N–H and O–H groups in total. The molecule has 0 aliphatic heterocycles. The summed E-state index contributed by atoms with van der Waals surface area (Å²) in [6.07, 6.45) is 5.56. The van der Waals surface area contributed by atoms with Gasteiger partial charge in [-0.15, -0.1) is 0 Å². The molecule has 0 heterocycles. The molecule has 2 rings (SSSR count). The lowest BCUT2D eigenvalue weighted by molar-refractivity contribution is -0.138. The second-order valence-electron chi connectivity index (χ2n) is 5.10. The Bertz CT molecular complexity index is 331. The predicted octanol–water partition coefficient (Wildman–Crippen LogP) is 1.30. The number of nitrogens with zero attached hydrogens (tertiary/aromatic N) is 2. The molecule has 0 atom stereocenters. The third kappa shape index (κ3) is 1.98. The molecule has 0 saturated heterocycles. The molecule has 17 heavy (non-hydrogen) atoms. The zero-order valence-electron chi connectivity index (χ0n) is 10.4. The molecule has 0 spiro atoms. The largest absolute Gasteiger partial charge is 0.409 e. The summed E-state index contributed by atoms with van der Waals surface area (Å²) in [7, 11) is 0. The Morgan fingerprint density at radius 1 is 1.47 bits per heavy atom. The number of carbonyl (C=O) groups excluding carboxylic acids is 1.